The Morgan fingerprint density at radius 2 is 1.82 bits per heavy atom. The van der Waals surface area contributed by atoms with E-state index >= 15 is 0 Å². The standard InChI is InChI=1S/C30H34FNO6/c1-34-27-14-13-25(28(35-2)29(27)36-3)30(33)32(20-24-11-7-16-37-24)19-21-8-6-10-23(18-21)38-17-15-22-9-4-5-12-26(22)31/h4-6,8-10,12-14,18,24H,7,11,15-17,19-20H2,1-3H3/t24-/m1/s1. The first kappa shape index (κ1) is 27.3. The number of methoxy groups -OCH3 is 3. The molecule has 8 heteroatoms. The van der Waals surface area contributed by atoms with Gasteiger partial charge in [-0.25, -0.2) is 4.39 Å². The van der Waals surface area contributed by atoms with Gasteiger partial charge < -0.3 is 28.6 Å². The smallest absolute Gasteiger partial charge is 0.258 e. The molecule has 0 aliphatic carbocycles. The number of ether oxygens (including phenoxy) is 5. The van der Waals surface area contributed by atoms with Crippen LogP contribution in [0.1, 0.15) is 34.3 Å². The van der Waals surface area contributed by atoms with Crippen molar-refractivity contribution < 1.29 is 32.9 Å². The molecule has 202 valence electrons. The molecule has 1 fully saturated rings. The number of hydrogen-bond donors (Lipinski definition) is 0. The fourth-order valence-electron chi connectivity index (χ4n) is 4.63. The van der Waals surface area contributed by atoms with Crippen LogP contribution in [0.15, 0.2) is 60.7 Å². The third-order valence-corrected chi connectivity index (χ3v) is 6.54. The number of carbonyl (C=O) groups excluding carboxylic acids is 1. The fourth-order valence-corrected chi connectivity index (χ4v) is 4.63. The molecule has 1 atom stereocenters. The molecule has 1 aliphatic rings. The van der Waals surface area contributed by atoms with Crippen molar-refractivity contribution in [3.63, 3.8) is 0 Å². The lowest BCUT2D eigenvalue weighted by Gasteiger charge is -2.27. The van der Waals surface area contributed by atoms with E-state index in [1.807, 2.05) is 30.3 Å². The highest BCUT2D eigenvalue weighted by molar-refractivity contribution is 5.98. The highest BCUT2D eigenvalue weighted by Gasteiger charge is 2.28. The molecule has 0 bridgehead atoms. The Balaban J connectivity index is 1.53. The van der Waals surface area contributed by atoms with E-state index in [9.17, 15) is 9.18 Å². The lowest BCUT2D eigenvalue weighted by Crippen LogP contribution is -2.37. The van der Waals surface area contributed by atoms with Crippen molar-refractivity contribution in [2.45, 2.75) is 31.9 Å². The van der Waals surface area contributed by atoms with E-state index in [1.54, 1.807) is 29.2 Å². The van der Waals surface area contributed by atoms with Crippen LogP contribution in [0, 0.1) is 5.82 Å². The minimum absolute atomic E-state index is 0.0368. The molecule has 1 aliphatic heterocycles. The molecule has 4 rings (SSSR count). The Hall–Kier alpha value is -3.78. The monoisotopic (exact) mass is 523 g/mol. The predicted octanol–water partition coefficient (Wildman–Crippen LogP) is 5.29. The Bertz CT molecular complexity index is 1230. The summed E-state index contributed by atoms with van der Waals surface area (Å²) in [6.07, 6.45) is 2.29. The van der Waals surface area contributed by atoms with Crippen LogP contribution in [0.4, 0.5) is 4.39 Å². The molecule has 3 aromatic rings. The molecule has 38 heavy (non-hydrogen) atoms. The van der Waals surface area contributed by atoms with Gasteiger partial charge in [-0.15, -0.1) is 0 Å². The van der Waals surface area contributed by atoms with Crippen molar-refractivity contribution in [3.8, 4) is 23.0 Å². The molecule has 0 unspecified atom stereocenters. The summed E-state index contributed by atoms with van der Waals surface area (Å²) in [5.41, 5.74) is 1.89. The molecular formula is C30H34FNO6. The number of benzene rings is 3. The molecule has 7 nitrogen and oxygen atoms in total. The number of carbonyl (C=O) groups is 1. The molecule has 0 aromatic heterocycles. The van der Waals surface area contributed by atoms with E-state index < -0.39 is 0 Å². The van der Waals surface area contributed by atoms with E-state index in [-0.39, 0.29) is 17.8 Å². The predicted molar refractivity (Wildman–Crippen MR) is 142 cm³/mol. The van der Waals surface area contributed by atoms with Gasteiger partial charge in [0.1, 0.15) is 11.6 Å². The van der Waals surface area contributed by atoms with Gasteiger partial charge in [-0.1, -0.05) is 30.3 Å². The van der Waals surface area contributed by atoms with Crippen molar-refractivity contribution in [2.75, 3.05) is 41.1 Å². The number of halogens is 1. The fraction of sp³-hybridized carbons (Fsp3) is 0.367. The number of amides is 1. The van der Waals surface area contributed by atoms with Gasteiger partial charge >= 0.3 is 0 Å². The molecule has 3 aromatic carbocycles. The van der Waals surface area contributed by atoms with Crippen molar-refractivity contribution in [1.82, 2.24) is 4.90 Å². The second-order valence-corrected chi connectivity index (χ2v) is 9.04. The average molecular weight is 524 g/mol. The largest absolute Gasteiger partial charge is 0.493 e. The summed E-state index contributed by atoms with van der Waals surface area (Å²) in [5.74, 6) is 1.38. The van der Waals surface area contributed by atoms with Crippen molar-refractivity contribution in [2.24, 2.45) is 0 Å². The van der Waals surface area contributed by atoms with E-state index in [0.717, 1.165) is 18.4 Å². The van der Waals surface area contributed by atoms with Gasteiger partial charge in [0.05, 0.1) is 39.6 Å². The van der Waals surface area contributed by atoms with E-state index in [1.165, 1.54) is 27.4 Å². The first-order valence-electron chi connectivity index (χ1n) is 12.7. The van der Waals surface area contributed by atoms with E-state index in [2.05, 4.69) is 0 Å². The summed E-state index contributed by atoms with van der Waals surface area (Å²) in [5, 5.41) is 0. The van der Waals surface area contributed by atoms with Crippen LogP contribution in [-0.2, 0) is 17.7 Å². The topological polar surface area (TPSA) is 66.5 Å². The number of hydrogen-bond acceptors (Lipinski definition) is 6. The summed E-state index contributed by atoms with van der Waals surface area (Å²) in [4.78, 5) is 15.6. The van der Waals surface area contributed by atoms with Gasteiger partial charge in [0.2, 0.25) is 5.75 Å². The van der Waals surface area contributed by atoms with Crippen molar-refractivity contribution >= 4 is 5.91 Å². The van der Waals surface area contributed by atoms with Crippen LogP contribution in [-0.4, -0.2) is 58.0 Å². The maximum atomic E-state index is 13.9. The van der Waals surface area contributed by atoms with Crippen LogP contribution in [0.5, 0.6) is 23.0 Å². The third kappa shape index (κ3) is 6.55. The van der Waals surface area contributed by atoms with Gasteiger partial charge in [0.15, 0.2) is 11.5 Å². The van der Waals surface area contributed by atoms with Crippen LogP contribution >= 0.6 is 0 Å². The zero-order chi connectivity index (χ0) is 26.9. The first-order valence-corrected chi connectivity index (χ1v) is 12.7. The molecule has 1 saturated heterocycles. The molecular weight excluding hydrogens is 489 g/mol. The van der Waals surface area contributed by atoms with E-state index in [4.69, 9.17) is 23.7 Å². The number of nitrogens with zero attached hydrogens (tertiary/aromatic N) is 1. The van der Waals surface area contributed by atoms with Gasteiger partial charge in [-0.3, -0.25) is 4.79 Å². The Labute approximate surface area is 223 Å². The highest BCUT2D eigenvalue weighted by Crippen LogP contribution is 2.40. The first-order chi connectivity index (χ1) is 18.5. The lowest BCUT2D eigenvalue weighted by atomic mass is 10.1. The van der Waals surface area contributed by atoms with Crippen molar-refractivity contribution in [1.29, 1.82) is 0 Å². The SMILES string of the molecule is COc1ccc(C(=O)N(Cc2cccc(OCCc3ccccc3F)c2)C[C@H]2CCCO2)c(OC)c1OC. The zero-order valence-electron chi connectivity index (χ0n) is 22.1. The Morgan fingerprint density at radius 3 is 2.53 bits per heavy atom. The molecule has 1 amide bonds. The van der Waals surface area contributed by atoms with Crippen LogP contribution in [0.3, 0.4) is 0 Å². The summed E-state index contributed by atoms with van der Waals surface area (Å²) < 4.78 is 42.1. The normalized spacial score (nSPS) is 14.7. The maximum absolute atomic E-state index is 13.9. The highest BCUT2D eigenvalue weighted by atomic mass is 19.1. The van der Waals surface area contributed by atoms with Gasteiger partial charge in [0.25, 0.3) is 5.91 Å². The summed E-state index contributed by atoms with van der Waals surface area (Å²) in [6.45, 7) is 1.82. The van der Waals surface area contributed by atoms with Gasteiger partial charge in [-0.2, -0.15) is 0 Å². The molecule has 0 spiro atoms. The Morgan fingerprint density at radius 1 is 1.00 bits per heavy atom. The quantitative estimate of drug-likeness (QED) is 0.321. The minimum Gasteiger partial charge on any atom is -0.493 e. The van der Waals surface area contributed by atoms with Gasteiger partial charge in [-0.05, 0) is 54.3 Å². The van der Waals surface area contributed by atoms with Crippen LogP contribution in [0.25, 0.3) is 0 Å². The second-order valence-electron chi connectivity index (χ2n) is 9.04. The molecule has 0 N–H and O–H groups in total. The molecule has 0 saturated carbocycles. The van der Waals surface area contributed by atoms with E-state index in [0.29, 0.717) is 66.8 Å². The van der Waals surface area contributed by atoms with Crippen LogP contribution in [0.2, 0.25) is 0 Å². The number of rotatable bonds is 12. The Kier molecular flexibility index (Phi) is 9.43. The van der Waals surface area contributed by atoms with Gasteiger partial charge in [0, 0.05) is 26.1 Å². The summed E-state index contributed by atoms with van der Waals surface area (Å²) >= 11 is 0. The lowest BCUT2D eigenvalue weighted by molar-refractivity contribution is 0.0504. The molecule has 0 radical (unpaired) electrons. The third-order valence-electron chi connectivity index (χ3n) is 6.54. The van der Waals surface area contributed by atoms with Crippen molar-refractivity contribution in [3.05, 3.63) is 83.2 Å². The second kappa shape index (κ2) is 13.1. The maximum Gasteiger partial charge on any atom is 0.258 e. The summed E-state index contributed by atoms with van der Waals surface area (Å²) in [7, 11) is 4.55. The minimum atomic E-state index is -0.237. The molecule has 1 heterocycles. The average Bonchev–Trinajstić information content (AvgIpc) is 3.46. The van der Waals surface area contributed by atoms with Crippen LogP contribution < -0.4 is 18.9 Å². The zero-order valence-corrected chi connectivity index (χ0v) is 22.1. The summed E-state index contributed by atoms with van der Waals surface area (Å²) in [6, 6.07) is 17.7.